The molecule has 4 aromatic rings. The molecule has 1 N–H and O–H groups in total. The lowest BCUT2D eigenvalue weighted by Crippen LogP contribution is -2.17. The van der Waals surface area contributed by atoms with E-state index in [0.29, 0.717) is 16.6 Å². The van der Waals surface area contributed by atoms with Gasteiger partial charge in [0.1, 0.15) is 11.4 Å². The molecule has 0 saturated carbocycles. The van der Waals surface area contributed by atoms with E-state index in [1.54, 1.807) is 48.5 Å². The van der Waals surface area contributed by atoms with Crippen LogP contribution >= 0.6 is 0 Å². The van der Waals surface area contributed by atoms with E-state index >= 15 is 0 Å². The number of nitrogens with one attached hydrogen (secondary N) is 1. The predicted molar refractivity (Wildman–Crippen MR) is 111 cm³/mol. The molecule has 0 radical (unpaired) electrons. The molecule has 0 aliphatic carbocycles. The number of ether oxygens (including phenoxy) is 1. The van der Waals surface area contributed by atoms with Gasteiger partial charge in [0.05, 0.1) is 29.8 Å². The van der Waals surface area contributed by atoms with Crippen molar-refractivity contribution in [3.05, 3.63) is 90.1 Å². The second kappa shape index (κ2) is 7.79. The van der Waals surface area contributed by atoms with Crippen LogP contribution in [0.4, 0.5) is 14.5 Å². The van der Waals surface area contributed by atoms with E-state index in [-0.39, 0.29) is 22.9 Å². The van der Waals surface area contributed by atoms with E-state index in [0.717, 1.165) is 6.07 Å². The standard InChI is InChI=1S/C22H18F2N2O3S/c1-29-20-12-11-18(23)21(24)22(20)25-14-16-13-15-7-5-6-10-19(15)26(16)30(27,28)17-8-3-2-4-9-17/h2-13,25H,14H2,1H3. The van der Waals surface area contributed by atoms with E-state index in [9.17, 15) is 17.2 Å². The third-order valence-corrected chi connectivity index (χ3v) is 6.52. The van der Waals surface area contributed by atoms with Gasteiger partial charge < -0.3 is 10.1 Å². The highest BCUT2D eigenvalue weighted by molar-refractivity contribution is 7.90. The summed E-state index contributed by atoms with van der Waals surface area (Å²) in [7, 11) is -2.57. The highest BCUT2D eigenvalue weighted by Crippen LogP contribution is 2.31. The van der Waals surface area contributed by atoms with Crippen LogP contribution in [0.2, 0.25) is 0 Å². The summed E-state index contributed by atoms with van der Waals surface area (Å²) in [5, 5.41) is 3.50. The van der Waals surface area contributed by atoms with Gasteiger partial charge in [-0.25, -0.2) is 21.2 Å². The van der Waals surface area contributed by atoms with Crippen molar-refractivity contribution in [2.75, 3.05) is 12.4 Å². The van der Waals surface area contributed by atoms with Crippen LogP contribution in [0.3, 0.4) is 0 Å². The Morgan fingerprint density at radius 1 is 0.967 bits per heavy atom. The lowest BCUT2D eigenvalue weighted by Gasteiger charge is -2.15. The molecule has 0 fully saturated rings. The molecule has 5 nitrogen and oxygen atoms in total. The summed E-state index contributed by atoms with van der Waals surface area (Å²) >= 11 is 0. The summed E-state index contributed by atoms with van der Waals surface area (Å²) in [5.74, 6) is -2.01. The fraction of sp³-hybridized carbons (Fsp3) is 0.0909. The van der Waals surface area contributed by atoms with Gasteiger partial charge in [0.2, 0.25) is 0 Å². The van der Waals surface area contributed by atoms with Crippen molar-refractivity contribution in [1.29, 1.82) is 0 Å². The average Bonchev–Trinajstić information content (AvgIpc) is 3.14. The lowest BCUT2D eigenvalue weighted by atomic mass is 10.2. The SMILES string of the molecule is COc1ccc(F)c(F)c1NCc1cc2ccccc2n1S(=O)(=O)c1ccccc1. The Morgan fingerprint density at radius 2 is 1.67 bits per heavy atom. The molecule has 154 valence electrons. The molecule has 0 saturated heterocycles. The van der Waals surface area contributed by atoms with E-state index < -0.39 is 21.7 Å². The van der Waals surface area contributed by atoms with Crippen molar-refractivity contribution in [3.8, 4) is 5.75 Å². The number of hydrogen-bond acceptors (Lipinski definition) is 4. The van der Waals surface area contributed by atoms with Crippen LogP contribution in [0.5, 0.6) is 5.75 Å². The summed E-state index contributed by atoms with van der Waals surface area (Å²) in [6.45, 7) is -0.0719. The maximum atomic E-state index is 14.3. The van der Waals surface area contributed by atoms with Gasteiger partial charge >= 0.3 is 0 Å². The number of halogens is 2. The molecule has 8 heteroatoms. The highest BCUT2D eigenvalue weighted by atomic mass is 32.2. The Labute approximate surface area is 172 Å². The minimum absolute atomic E-state index is 0.0719. The molecule has 0 atom stereocenters. The van der Waals surface area contributed by atoms with Crippen LogP contribution in [-0.4, -0.2) is 19.5 Å². The zero-order valence-electron chi connectivity index (χ0n) is 16.0. The number of para-hydroxylation sites is 1. The second-order valence-corrected chi connectivity index (χ2v) is 8.36. The number of rotatable bonds is 6. The number of hydrogen-bond donors (Lipinski definition) is 1. The van der Waals surface area contributed by atoms with Gasteiger partial charge in [-0.1, -0.05) is 36.4 Å². The fourth-order valence-corrected chi connectivity index (χ4v) is 4.90. The summed E-state index contributed by atoms with van der Waals surface area (Å²) in [6, 6.07) is 19.0. The Hall–Kier alpha value is -3.39. The molecule has 0 aliphatic rings. The molecular formula is C22H18F2N2O3S. The number of fused-ring (bicyclic) bond motifs is 1. The van der Waals surface area contributed by atoms with Crippen molar-refractivity contribution in [3.63, 3.8) is 0 Å². The fourth-order valence-electron chi connectivity index (χ4n) is 3.34. The summed E-state index contributed by atoms with van der Waals surface area (Å²) in [5.41, 5.74) is 0.682. The van der Waals surface area contributed by atoms with Crippen molar-refractivity contribution < 1.29 is 21.9 Å². The van der Waals surface area contributed by atoms with Gasteiger partial charge in [0, 0.05) is 5.39 Å². The summed E-state index contributed by atoms with van der Waals surface area (Å²) in [4.78, 5) is 0.127. The molecule has 3 aromatic carbocycles. The number of aromatic nitrogens is 1. The average molecular weight is 428 g/mol. The summed E-state index contributed by atoms with van der Waals surface area (Å²) < 4.78 is 61.1. The maximum absolute atomic E-state index is 14.3. The van der Waals surface area contributed by atoms with Crippen molar-refractivity contribution in [1.82, 2.24) is 3.97 Å². The van der Waals surface area contributed by atoms with Gasteiger partial charge in [0.15, 0.2) is 11.6 Å². The van der Waals surface area contributed by atoms with E-state index in [1.165, 1.54) is 29.3 Å². The smallest absolute Gasteiger partial charge is 0.268 e. The molecular weight excluding hydrogens is 410 g/mol. The van der Waals surface area contributed by atoms with Gasteiger partial charge in [-0.3, -0.25) is 0 Å². The molecule has 1 aromatic heterocycles. The number of anilines is 1. The van der Waals surface area contributed by atoms with Gasteiger partial charge in [-0.05, 0) is 36.4 Å². The molecule has 0 bridgehead atoms. The highest BCUT2D eigenvalue weighted by Gasteiger charge is 2.23. The van der Waals surface area contributed by atoms with Gasteiger partial charge in [-0.15, -0.1) is 0 Å². The quantitative estimate of drug-likeness (QED) is 0.480. The van der Waals surface area contributed by atoms with E-state index in [2.05, 4.69) is 5.32 Å². The van der Waals surface area contributed by atoms with E-state index in [1.807, 2.05) is 0 Å². The van der Waals surface area contributed by atoms with Crippen LogP contribution in [0.15, 0.2) is 77.7 Å². The van der Waals surface area contributed by atoms with Crippen molar-refractivity contribution >= 4 is 26.6 Å². The minimum Gasteiger partial charge on any atom is -0.494 e. The first kappa shape index (κ1) is 19.9. The van der Waals surface area contributed by atoms with Crippen LogP contribution in [-0.2, 0) is 16.6 Å². The predicted octanol–water partition coefficient (Wildman–Crippen LogP) is 4.78. The van der Waals surface area contributed by atoms with Crippen LogP contribution in [0.1, 0.15) is 5.69 Å². The molecule has 1 heterocycles. The van der Waals surface area contributed by atoms with Crippen molar-refractivity contribution in [2.24, 2.45) is 0 Å². The maximum Gasteiger partial charge on any atom is 0.268 e. The topological polar surface area (TPSA) is 60.3 Å². The number of benzene rings is 3. The van der Waals surface area contributed by atoms with Crippen LogP contribution in [0, 0.1) is 11.6 Å². The van der Waals surface area contributed by atoms with E-state index in [4.69, 9.17) is 4.74 Å². The monoisotopic (exact) mass is 428 g/mol. The lowest BCUT2D eigenvalue weighted by molar-refractivity contribution is 0.409. The Balaban J connectivity index is 1.82. The molecule has 30 heavy (non-hydrogen) atoms. The first-order valence-corrected chi connectivity index (χ1v) is 10.5. The zero-order chi connectivity index (χ0) is 21.3. The molecule has 4 rings (SSSR count). The molecule has 0 spiro atoms. The molecule has 0 amide bonds. The molecule has 0 unspecified atom stereocenters. The van der Waals surface area contributed by atoms with Crippen LogP contribution < -0.4 is 10.1 Å². The normalized spacial score (nSPS) is 11.6. The Kier molecular flexibility index (Phi) is 5.17. The zero-order valence-corrected chi connectivity index (χ0v) is 16.8. The number of methoxy groups -OCH3 is 1. The first-order valence-electron chi connectivity index (χ1n) is 9.09. The summed E-state index contributed by atoms with van der Waals surface area (Å²) in [6.07, 6.45) is 0. The van der Waals surface area contributed by atoms with Gasteiger partial charge in [-0.2, -0.15) is 0 Å². The van der Waals surface area contributed by atoms with Gasteiger partial charge in [0.25, 0.3) is 10.0 Å². The third kappa shape index (κ3) is 3.39. The third-order valence-electron chi connectivity index (χ3n) is 4.74. The van der Waals surface area contributed by atoms with Crippen molar-refractivity contribution in [2.45, 2.75) is 11.4 Å². The minimum atomic E-state index is -3.91. The second-order valence-electron chi connectivity index (χ2n) is 6.57. The largest absolute Gasteiger partial charge is 0.494 e. The Morgan fingerprint density at radius 3 is 2.40 bits per heavy atom. The Bertz CT molecular complexity index is 1320. The number of nitrogens with zero attached hydrogens (tertiary/aromatic N) is 1. The van der Waals surface area contributed by atoms with Crippen LogP contribution in [0.25, 0.3) is 10.9 Å². The first-order chi connectivity index (χ1) is 14.4. The molecule has 0 aliphatic heterocycles.